The number of carbonyl (C=O) groups is 20. The Balaban J connectivity index is 1.15. The largest absolute Gasteiger partial charge is 0.508 e. The zero-order valence-electron chi connectivity index (χ0n) is 75.6. The number of aromatic amines is 3. The normalized spacial score (nSPS) is 14.3. The maximum atomic E-state index is 15.4. The predicted octanol–water partition coefficient (Wildman–Crippen LogP) is -6.61. The van der Waals surface area contributed by atoms with E-state index < -0.39 is 297 Å². The quantitative estimate of drug-likeness (QED) is 0.00729. The molecule has 7 aromatic rings. The van der Waals surface area contributed by atoms with Crippen molar-refractivity contribution in [2.24, 2.45) is 22.9 Å². The van der Waals surface area contributed by atoms with Gasteiger partial charge in [-0.15, -0.1) is 0 Å². The molecule has 0 aliphatic carbocycles. The minimum atomic E-state index is -2.05. The molecule has 51 heteroatoms. The summed E-state index contributed by atoms with van der Waals surface area (Å²) in [5.41, 5.74) is 24.8. The lowest BCUT2D eigenvalue weighted by Gasteiger charge is -2.29. The number of guanidine groups is 1. The first-order chi connectivity index (χ1) is 66.0. The second kappa shape index (κ2) is 54.7. The summed E-state index contributed by atoms with van der Waals surface area (Å²) in [6.07, 6.45) is -3.29. The average molecular weight is 1970 g/mol. The highest BCUT2D eigenvalue weighted by molar-refractivity contribution is 7.80. The Morgan fingerprint density at radius 1 is 0.396 bits per heavy atom. The molecule has 0 radical (unpaired) electrons. The maximum absolute atomic E-state index is 15.4. The minimum Gasteiger partial charge on any atom is -0.508 e. The van der Waals surface area contributed by atoms with Gasteiger partial charge in [0.15, 0.2) is 5.96 Å². The van der Waals surface area contributed by atoms with E-state index in [1.807, 2.05) is 0 Å². The van der Waals surface area contributed by atoms with Crippen molar-refractivity contribution in [1.29, 1.82) is 5.41 Å². The number of nitrogens with one attached hydrogen (secondary N) is 20. The number of rotatable bonds is 58. The van der Waals surface area contributed by atoms with Crippen LogP contribution < -0.4 is 108 Å². The van der Waals surface area contributed by atoms with Crippen LogP contribution in [0, 0.1) is 5.41 Å². The maximum Gasteiger partial charge on any atom is 0.305 e. The van der Waals surface area contributed by atoms with Crippen molar-refractivity contribution in [1.82, 2.24) is 105 Å². The smallest absolute Gasteiger partial charge is 0.305 e. The molecule has 0 aliphatic heterocycles. The van der Waals surface area contributed by atoms with Crippen LogP contribution >= 0.6 is 25.3 Å². The first-order valence-corrected chi connectivity index (χ1v) is 44.9. The van der Waals surface area contributed by atoms with Crippen molar-refractivity contribution in [2.75, 3.05) is 24.6 Å². The van der Waals surface area contributed by atoms with Crippen LogP contribution in [0.5, 0.6) is 5.75 Å². The number of carboxylic acid groups (broad SMARTS) is 2. The number of fused-ring (bicyclic) bond motifs is 2. The zero-order chi connectivity index (χ0) is 102. The van der Waals surface area contributed by atoms with E-state index in [4.69, 9.17) is 28.3 Å². The van der Waals surface area contributed by atoms with Gasteiger partial charge in [-0.05, 0) is 92.5 Å². The molecule has 748 valence electrons. The predicted molar refractivity (Wildman–Crippen MR) is 503 cm³/mol. The third-order valence-electron chi connectivity index (χ3n) is 21.5. The van der Waals surface area contributed by atoms with Crippen molar-refractivity contribution in [3.05, 3.63) is 156 Å². The Kier molecular flexibility index (Phi) is 43.4. The fourth-order valence-corrected chi connectivity index (χ4v) is 14.8. The number of hydrogen-bond donors (Lipinski definition) is 30. The molecular formula is C88H115N25O24S2. The molecule has 0 saturated heterocycles. The second-order valence-electron chi connectivity index (χ2n) is 32.4. The monoisotopic (exact) mass is 1970 g/mol. The number of aliphatic carboxylic acids is 2. The molecule has 4 aromatic carbocycles. The van der Waals surface area contributed by atoms with E-state index in [1.54, 1.807) is 85.1 Å². The van der Waals surface area contributed by atoms with Crippen molar-refractivity contribution in [3.63, 3.8) is 0 Å². The van der Waals surface area contributed by atoms with Crippen LogP contribution in [0.3, 0.4) is 0 Å². The highest BCUT2D eigenvalue weighted by Gasteiger charge is 2.40. The van der Waals surface area contributed by atoms with E-state index in [2.05, 4.69) is 130 Å². The Morgan fingerprint density at radius 3 is 1.20 bits per heavy atom. The lowest BCUT2D eigenvalue weighted by molar-refractivity contribution is -0.141. The molecule has 0 saturated carbocycles. The molecule has 32 N–H and O–H groups in total. The first kappa shape index (κ1) is 110. The molecule has 7 rings (SSSR count). The summed E-state index contributed by atoms with van der Waals surface area (Å²) in [5.74, 6) is -24.3. The van der Waals surface area contributed by atoms with E-state index in [9.17, 15) is 102 Å². The van der Waals surface area contributed by atoms with Crippen LogP contribution in [-0.4, -0.2) is 280 Å². The van der Waals surface area contributed by atoms with Crippen molar-refractivity contribution in [2.45, 2.75) is 201 Å². The lowest BCUT2D eigenvalue weighted by atomic mass is 10.0. The van der Waals surface area contributed by atoms with Crippen molar-refractivity contribution in [3.8, 4) is 5.75 Å². The number of aromatic hydroxyl groups is 1. The molecule has 0 spiro atoms. The van der Waals surface area contributed by atoms with Gasteiger partial charge < -0.3 is 143 Å². The number of hydrogen-bond acceptors (Lipinski definition) is 26. The Labute approximate surface area is 804 Å². The molecule has 15 atom stereocenters. The number of carbonyl (C=O) groups excluding carboxylic acids is 18. The zero-order valence-corrected chi connectivity index (χ0v) is 77.4. The summed E-state index contributed by atoms with van der Waals surface area (Å²) in [6, 6.07) is 2.82. The summed E-state index contributed by atoms with van der Waals surface area (Å²) >= 11 is 8.60. The number of aromatic nitrogens is 4. The number of phenolic OH excluding ortho intramolecular Hbond substituents is 1. The van der Waals surface area contributed by atoms with Gasteiger partial charge in [-0.25, -0.2) is 4.98 Å². The van der Waals surface area contributed by atoms with Crippen LogP contribution in [0.25, 0.3) is 21.8 Å². The van der Waals surface area contributed by atoms with Crippen LogP contribution in [0.2, 0.25) is 0 Å². The van der Waals surface area contributed by atoms with Crippen LogP contribution in [0.4, 0.5) is 0 Å². The van der Waals surface area contributed by atoms with Gasteiger partial charge >= 0.3 is 11.9 Å². The average Bonchev–Trinajstić information content (AvgIpc) is 1.68. The molecule has 18 amide bonds. The Hall–Kier alpha value is -15.7. The number of nitrogens with two attached hydrogens (primary N) is 4. The number of H-pyrrole nitrogens is 3. The highest BCUT2D eigenvalue weighted by atomic mass is 32.1. The van der Waals surface area contributed by atoms with Gasteiger partial charge in [0, 0.05) is 122 Å². The number of primary amides is 3. The number of carboxylic acids is 2. The Morgan fingerprint density at radius 2 is 0.777 bits per heavy atom. The molecule has 0 bridgehead atoms. The number of imidazole rings is 1. The molecule has 0 fully saturated rings. The third kappa shape index (κ3) is 36.5. The summed E-state index contributed by atoms with van der Waals surface area (Å²) in [7, 11) is 0. The minimum absolute atomic E-state index is 0.0848. The number of amides is 18. The number of aliphatic hydroxyl groups excluding tert-OH is 1. The van der Waals surface area contributed by atoms with E-state index in [-0.39, 0.29) is 49.2 Å². The standard InChI is InChI=1S/C88H115N25O24S2/c1-43(100-45(3)115)74(124)105-65(35-72(122)123)84(134)103-58(24-27-69(90)118)78(128)111-66(40-138)85(135)101-56(18-11-29-95-88(92)93)79(129)113-73(44(2)114)87(137)110-63(33-49-37-97-55-17-10-8-15-53(49)55)81(131)102-57(23-26-68(89)117)77(127)112-67(41-139)86(136)107-61(31-47-19-21-51(116)22-20-47)80(130)108-62(32-48-36-96-54-16-9-7-14-52(48)54)82(132)109-64(34-50-38-94-42-99-50)83(133)104-59(25-28-71(120)121)76(126)106-60(75(125)98-39-70(91)119)30-46-12-5-4-6-13-46/h4-10,12-17,19-22,36-38,42-44,56-67,73,96-97,114,116,138-139H,11,18,23-35,39-41H2,1-3H3,(H2,89,117)(H2,90,118)(H2,91,119)(H,94,99)(H,98,125)(H,100,115)(H,101,135)(H,102,131)(H,103,134)(H,104,133)(H,105,124)(H,106,126)(H,107,136)(H,108,130)(H,109,132)(H,110,137)(H,111,128)(H,112,127)(H,113,129)(H,120,121)(H,122,123)(H4,92,93,95)/t43-,44+,56-,57-,58-,59-,60-,61-,62-,63-,64-,65-,66-,67-,73-/m0/s1. The van der Waals surface area contributed by atoms with E-state index in [0.29, 0.717) is 38.5 Å². The molecule has 49 nitrogen and oxygen atoms in total. The first-order valence-electron chi connectivity index (χ1n) is 43.6. The van der Waals surface area contributed by atoms with Gasteiger partial charge in [0.05, 0.1) is 25.4 Å². The number of thiol groups is 2. The number of para-hydroxylation sites is 2. The summed E-state index contributed by atoms with van der Waals surface area (Å²) in [4.78, 5) is 288. The summed E-state index contributed by atoms with van der Waals surface area (Å²) in [5, 5.41) is 89.1. The fraction of sp³-hybridized carbons (Fsp3) is 0.409. The van der Waals surface area contributed by atoms with Gasteiger partial charge in [0.2, 0.25) is 106 Å². The van der Waals surface area contributed by atoms with Gasteiger partial charge in [0.1, 0.15) is 90.3 Å². The lowest BCUT2D eigenvalue weighted by Crippen LogP contribution is -2.62. The van der Waals surface area contributed by atoms with Crippen LogP contribution in [-0.2, 0) is 128 Å². The van der Waals surface area contributed by atoms with Gasteiger partial charge in [-0.2, -0.15) is 25.3 Å². The van der Waals surface area contributed by atoms with E-state index in [0.717, 1.165) is 13.8 Å². The molecule has 0 unspecified atom stereocenters. The molecule has 3 heterocycles. The number of nitrogens with zero attached hydrogens (tertiary/aromatic N) is 1. The molecule has 0 aliphatic rings. The molecule has 3 aromatic heterocycles. The highest BCUT2D eigenvalue weighted by Crippen LogP contribution is 2.23. The fourth-order valence-electron chi connectivity index (χ4n) is 14.2. The van der Waals surface area contributed by atoms with Crippen molar-refractivity contribution >= 4 is 171 Å². The number of benzene rings is 4. The van der Waals surface area contributed by atoms with Crippen LogP contribution in [0.15, 0.2) is 128 Å². The van der Waals surface area contributed by atoms with Gasteiger partial charge in [-0.1, -0.05) is 78.9 Å². The third-order valence-corrected chi connectivity index (χ3v) is 22.2. The topological polar surface area (TPSA) is 803 Å². The van der Waals surface area contributed by atoms with Crippen molar-refractivity contribution < 1.29 is 116 Å². The number of phenols is 1. The van der Waals surface area contributed by atoms with E-state index in [1.165, 1.54) is 49.9 Å². The second-order valence-corrected chi connectivity index (χ2v) is 33.2. The van der Waals surface area contributed by atoms with Crippen LogP contribution in [0.1, 0.15) is 107 Å². The molecular weight excluding hydrogens is 1860 g/mol. The van der Waals surface area contributed by atoms with Gasteiger partial charge in [0.25, 0.3) is 0 Å². The summed E-state index contributed by atoms with van der Waals surface area (Å²) in [6.45, 7) is 2.64. The Bertz CT molecular complexity index is 5550. The number of aliphatic hydroxyl groups is 1. The molecule has 139 heavy (non-hydrogen) atoms. The van der Waals surface area contributed by atoms with E-state index >= 15 is 14.4 Å². The van der Waals surface area contributed by atoms with Gasteiger partial charge in [-0.3, -0.25) is 101 Å². The SMILES string of the molecule is CC(=O)N[C@@H](C)C(=O)N[C@@H](CC(=O)O)C(=O)N[C@@H](CCC(N)=O)C(=O)N[C@@H](CS)C(=O)N[C@@H](CCCNC(=N)N)C(=O)N[C@H](C(=O)N[C@@H](Cc1c[nH]c2ccccc12)C(=O)N[C@@H](CCC(N)=O)C(=O)N[C@@H](CS)C(=O)N[C@@H](Cc1ccc(O)cc1)C(=O)N[C@@H](Cc1c[nH]c2ccccc12)C(=O)N[C@@H](Cc1cnc[nH]1)C(=O)N[C@@H](CCC(=O)O)C(=O)N[C@@H](Cc1ccccc1)C(=O)NCC(N)=O)[C@@H](C)O. The summed E-state index contributed by atoms with van der Waals surface area (Å²) < 4.78 is 0.